The van der Waals surface area contributed by atoms with Crippen molar-refractivity contribution >= 4 is 0 Å². The van der Waals surface area contributed by atoms with Crippen molar-refractivity contribution in [2.75, 3.05) is 0 Å². The van der Waals surface area contributed by atoms with Crippen LogP contribution in [-0.2, 0) is 0 Å². The number of fused-ring (bicyclic) bond motifs is 1. The van der Waals surface area contributed by atoms with Gasteiger partial charge in [-0.1, -0.05) is 13.3 Å². The maximum Gasteiger partial charge on any atom is 0.125 e. The fourth-order valence-electron chi connectivity index (χ4n) is 3.58. The van der Waals surface area contributed by atoms with Crippen LogP contribution in [0.4, 0.5) is 4.39 Å². The highest BCUT2D eigenvalue weighted by Gasteiger charge is 2.42. The topological polar surface area (TPSA) is 35.2 Å². The monoisotopic (exact) mass is 249 g/mol. The van der Waals surface area contributed by atoms with E-state index in [-0.39, 0.29) is 17.5 Å². The van der Waals surface area contributed by atoms with Gasteiger partial charge in [0.1, 0.15) is 17.2 Å². The molecule has 3 atom stereocenters. The van der Waals surface area contributed by atoms with Gasteiger partial charge in [0.15, 0.2) is 0 Å². The van der Waals surface area contributed by atoms with Gasteiger partial charge in [-0.15, -0.1) is 0 Å². The van der Waals surface area contributed by atoms with Gasteiger partial charge >= 0.3 is 0 Å². The van der Waals surface area contributed by atoms with E-state index >= 15 is 0 Å². The zero-order chi connectivity index (χ0) is 12.8. The van der Waals surface area contributed by atoms with Crippen LogP contribution in [0.5, 0.6) is 5.75 Å². The van der Waals surface area contributed by atoms with Crippen LogP contribution in [0.2, 0.25) is 0 Å². The Balaban J connectivity index is 1.93. The van der Waals surface area contributed by atoms with E-state index in [0.29, 0.717) is 5.92 Å². The van der Waals surface area contributed by atoms with Crippen molar-refractivity contribution in [2.45, 2.75) is 50.7 Å². The first-order valence-electron chi connectivity index (χ1n) is 6.82. The minimum absolute atomic E-state index is 0.102. The number of rotatable bonds is 0. The molecule has 3 rings (SSSR count). The molecule has 2 N–H and O–H groups in total. The Hall–Kier alpha value is -1.09. The van der Waals surface area contributed by atoms with Crippen molar-refractivity contribution in [2.24, 2.45) is 11.7 Å². The molecular weight excluding hydrogens is 229 g/mol. The highest BCUT2D eigenvalue weighted by Crippen LogP contribution is 2.46. The van der Waals surface area contributed by atoms with E-state index in [0.717, 1.165) is 30.6 Å². The van der Waals surface area contributed by atoms with Gasteiger partial charge in [0.2, 0.25) is 0 Å². The lowest BCUT2D eigenvalue weighted by molar-refractivity contribution is -0.0141. The minimum Gasteiger partial charge on any atom is -0.487 e. The molecule has 2 nitrogen and oxygen atoms in total. The Morgan fingerprint density at radius 2 is 2.22 bits per heavy atom. The fraction of sp³-hybridized carbons (Fsp3) is 0.600. The van der Waals surface area contributed by atoms with Gasteiger partial charge in [-0.3, -0.25) is 0 Å². The zero-order valence-corrected chi connectivity index (χ0v) is 10.8. The summed E-state index contributed by atoms with van der Waals surface area (Å²) in [4.78, 5) is 0. The van der Waals surface area contributed by atoms with E-state index in [1.165, 1.54) is 25.0 Å². The molecule has 1 aromatic carbocycles. The number of nitrogens with two attached hydrogens (primary N) is 1. The standard InChI is InChI=1S/C15H20FNO/c1-10-3-2-6-15(8-10)9-13(17)12-7-11(16)4-5-14(12)18-15/h4-5,7,10,13H,2-3,6,8-9,17H2,1H3/t10?,13-,15?/m1/s1. The number of benzene rings is 1. The lowest BCUT2D eigenvalue weighted by atomic mass is 9.73. The van der Waals surface area contributed by atoms with Crippen LogP contribution in [0.1, 0.15) is 50.6 Å². The largest absolute Gasteiger partial charge is 0.487 e. The van der Waals surface area contributed by atoms with Crippen LogP contribution >= 0.6 is 0 Å². The second-order valence-corrected chi connectivity index (χ2v) is 5.98. The molecular formula is C15H20FNO. The summed E-state index contributed by atoms with van der Waals surface area (Å²) < 4.78 is 19.5. The van der Waals surface area contributed by atoms with Gasteiger partial charge in [-0.05, 0) is 43.4 Å². The first-order valence-corrected chi connectivity index (χ1v) is 6.82. The van der Waals surface area contributed by atoms with E-state index in [9.17, 15) is 4.39 Å². The third-order valence-electron chi connectivity index (χ3n) is 4.34. The van der Waals surface area contributed by atoms with E-state index in [1.807, 2.05) is 0 Å². The highest BCUT2D eigenvalue weighted by molar-refractivity contribution is 5.39. The molecule has 98 valence electrons. The summed E-state index contributed by atoms with van der Waals surface area (Å²) in [5, 5.41) is 0. The summed E-state index contributed by atoms with van der Waals surface area (Å²) in [7, 11) is 0. The molecule has 0 amide bonds. The lowest BCUT2D eigenvalue weighted by Gasteiger charge is -2.45. The fourth-order valence-corrected chi connectivity index (χ4v) is 3.58. The summed E-state index contributed by atoms with van der Waals surface area (Å²) >= 11 is 0. The molecule has 1 heterocycles. The molecule has 2 unspecified atom stereocenters. The Bertz CT molecular complexity index is 462. The van der Waals surface area contributed by atoms with Crippen LogP contribution in [-0.4, -0.2) is 5.60 Å². The lowest BCUT2D eigenvalue weighted by Crippen LogP contribution is -2.46. The molecule has 0 aromatic heterocycles. The molecule has 0 saturated heterocycles. The summed E-state index contributed by atoms with van der Waals surface area (Å²) in [6, 6.07) is 4.59. The average Bonchev–Trinajstić information content (AvgIpc) is 2.30. The minimum atomic E-state index is -0.235. The third-order valence-corrected chi connectivity index (χ3v) is 4.34. The molecule has 1 aliphatic carbocycles. The second-order valence-electron chi connectivity index (χ2n) is 5.98. The average molecular weight is 249 g/mol. The molecule has 0 bridgehead atoms. The Labute approximate surface area is 107 Å². The summed E-state index contributed by atoms with van der Waals surface area (Å²) in [5.74, 6) is 1.23. The van der Waals surface area contributed by atoms with Crippen LogP contribution in [0.15, 0.2) is 18.2 Å². The normalized spacial score (nSPS) is 35.1. The third kappa shape index (κ3) is 2.01. The molecule has 2 aliphatic rings. The van der Waals surface area contributed by atoms with E-state index in [2.05, 4.69) is 6.92 Å². The quantitative estimate of drug-likeness (QED) is 0.763. The summed E-state index contributed by atoms with van der Waals surface area (Å²) in [6.07, 6.45) is 5.42. The van der Waals surface area contributed by atoms with Gasteiger partial charge in [-0.2, -0.15) is 0 Å². The van der Waals surface area contributed by atoms with Crippen molar-refractivity contribution in [3.8, 4) is 5.75 Å². The van der Waals surface area contributed by atoms with Crippen molar-refractivity contribution in [1.29, 1.82) is 0 Å². The van der Waals surface area contributed by atoms with Crippen molar-refractivity contribution in [1.82, 2.24) is 0 Å². The smallest absolute Gasteiger partial charge is 0.125 e. The molecule has 1 saturated carbocycles. The Morgan fingerprint density at radius 1 is 1.39 bits per heavy atom. The number of ether oxygens (including phenoxy) is 1. The molecule has 3 heteroatoms. The van der Waals surface area contributed by atoms with Crippen molar-refractivity contribution < 1.29 is 9.13 Å². The highest BCUT2D eigenvalue weighted by atomic mass is 19.1. The van der Waals surface area contributed by atoms with E-state index in [1.54, 1.807) is 6.07 Å². The van der Waals surface area contributed by atoms with Crippen LogP contribution in [0.25, 0.3) is 0 Å². The Kier molecular flexibility index (Phi) is 2.81. The number of hydrogen-bond acceptors (Lipinski definition) is 2. The zero-order valence-electron chi connectivity index (χ0n) is 10.8. The maximum absolute atomic E-state index is 13.3. The van der Waals surface area contributed by atoms with E-state index in [4.69, 9.17) is 10.5 Å². The van der Waals surface area contributed by atoms with Gasteiger partial charge < -0.3 is 10.5 Å². The molecule has 1 aliphatic heterocycles. The predicted octanol–water partition coefficient (Wildman–Crippen LogP) is 3.56. The summed E-state index contributed by atoms with van der Waals surface area (Å²) in [6.45, 7) is 2.27. The van der Waals surface area contributed by atoms with Crippen LogP contribution < -0.4 is 10.5 Å². The second kappa shape index (κ2) is 4.23. The Morgan fingerprint density at radius 3 is 3.00 bits per heavy atom. The van der Waals surface area contributed by atoms with Crippen molar-refractivity contribution in [3.63, 3.8) is 0 Å². The molecule has 0 radical (unpaired) electrons. The molecule has 1 fully saturated rings. The van der Waals surface area contributed by atoms with Crippen LogP contribution in [0.3, 0.4) is 0 Å². The predicted molar refractivity (Wildman–Crippen MR) is 68.9 cm³/mol. The van der Waals surface area contributed by atoms with Crippen molar-refractivity contribution in [3.05, 3.63) is 29.6 Å². The first-order chi connectivity index (χ1) is 8.58. The van der Waals surface area contributed by atoms with Gasteiger partial charge in [0.05, 0.1) is 0 Å². The van der Waals surface area contributed by atoms with Gasteiger partial charge in [-0.25, -0.2) is 4.39 Å². The number of hydrogen-bond donors (Lipinski definition) is 1. The van der Waals surface area contributed by atoms with Crippen LogP contribution in [0, 0.1) is 11.7 Å². The summed E-state index contributed by atoms with van der Waals surface area (Å²) in [5.41, 5.74) is 6.93. The molecule has 1 spiro atoms. The molecule has 18 heavy (non-hydrogen) atoms. The maximum atomic E-state index is 13.3. The number of halogens is 1. The van der Waals surface area contributed by atoms with E-state index < -0.39 is 0 Å². The first kappa shape index (κ1) is 12.0. The SMILES string of the molecule is CC1CCCC2(C1)C[C@@H](N)c1cc(F)ccc1O2. The van der Waals surface area contributed by atoms with Gasteiger partial charge in [0, 0.05) is 18.0 Å². The van der Waals surface area contributed by atoms with Gasteiger partial charge in [0.25, 0.3) is 0 Å². The molecule has 1 aromatic rings.